The van der Waals surface area contributed by atoms with Gasteiger partial charge in [0.15, 0.2) is 17.5 Å². The van der Waals surface area contributed by atoms with Gasteiger partial charge in [-0.15, -0.1) is 24.0 Å². The average Bonchev–Trinajstić information content (AvgIpc) is 3.20. The third kappa shape index (κ3) is 5.97. The third-order valence-corrected chi connectivity index (χ3v) is 4.06. The summed E-state index contributed by atoms with van der Waals surface area (Å²) in [7, 11) is 4.84. The summed E-state index contributed by atoms with van der Waals surface area (Å²) in [5.41, 5.74) is 1.58. The second-order valence-corrected chi connectivity index (χ2v) is 6.08. The largest absolute Gasteiger partial charge is 0.493 e. The van der Waals surface area contributed by atoms with Gasteiger partial charge >= 0.3 is 0 Å². The highest BCUT2D eigenvalue weighted by Crippen LogP contribution is 2.29. The summed E-state index contributed by atoms with van der Waals surface area (Å²) < 4.78 is 15.8. The van der Waals surface area contributed by atoms with Crippen molar-refractivity contribution in [3.05, 3.63) is 53.4 Å². The van der Waals surface area contributed by atoms with Crippen LogP contribution in [-0.2, 0) is 6.54 Å². The highest BCUT2D eigenvalue weighted by molar-refractivity contribution is 14.0. The Morgan fingerprint density at radius 2 is 1.93 bits per heavy atom. The number of benzene rings is 2. The van der Waals surface area contributed by atoms with E-state index in [1.165, 1.54) is 0 Å². The Morgan fingerprint density at radius 3 is 2.62 bits per heavy atom. The first-order chi connectivity index (χ1) is 13.6. The number of halogens is 2. The van der Waals surface area contributed by atoms with Gasteiger partial charge in [-0.05, 0) is 24.3 Å². The topological polar surface area (TPSA) is 93.8 Å². The monoisotopic (exact) mass is 529 g/mol. The molecule has 0 bridgehead atoms. The maximum absolute atomic E-state index is 6.00. The number of nitrogens with one attached hydrogen (secondary N) is 2. The van der Waals surface area contributed by atoms with Crippen molar-refractivity contribution in [2.45, 2.75) is 6.54 Å². The van der Waals surface area contributed by atoms with Gasteiger partial charge in [0.25, 0.3) is 0 Å². The molecule has 0 spiro atoms. The first kappa shape index (κ1) is 22.8. The number of nitrogens with zero attached hydrogens (tertiary/aromatic N) is 3. The van der Waals surface area contributed by atoms with Crippen molar-refractivity contribution in [2.24, 2.45) is 4.99 Å². The standard InChI is InChI=1S/C19H20ClN5O3.HI/c1-21-19(23-14-7-8-15(26-2)16(10-14)27-3)22-11-17-24-18(25-28-17)12-5-4-6-13(20)9-12;/h4-10H,11H2,1-3H3,(H2,21,22,23);1H. The van der Waals surface area contributed by atoms with E-state index in [0.717, 1.165) is 11.3 Å². The molecular weight excluding hydrogens is 509 g/mol. The van der Waals surface area contributed by atoms with Crippen LogP contribution in [0, 0.1) is 0 Å². The van der Waals surface area contributed by atoms with Crippen molar-refractivity contribution in [1.29, 1.82) is 0 Å². The van der Waals surface area contributed by atoms with E-state index in [2.05, 4.69) is 25.8 Å². The van der Waals surface area contributed by atoms with Crippen molar-refractivity contribution in [3.8, 4) is 22.9 Å². The minimum atomic E-state index is 0. The molecule has 1 heterocycles. The van der Waals surface area contributed by atoms with E-state index in [1.54, 1.807) is 33.4 Å². The lowest BCUT2D eigenvalue weighted by Gasteiger charge is -2.13. The second kappa shape index (κ2) is 10.9. The summed E-state index contributed by atoms with van der Waals surface area (Å²) in [5.74, 6) is 2.70. The molecular formula is C19H21ClIN5O3. The maximum Gasteiger partial charge on any atom is 0.246 e. The molecule has 2 N–H and O–H groups in total. The zero-order valence-corrected chi connectivity index (χ0v) is 19.2. The van der Waals surface area contributed by atoms with E-state index >= 15 is 0 Å². The number of hydrogen-bond donors (Lipinski definition) is 2. The molecule has 0 unspecified atom stereocenters. The molecule has 2 aromatic carbocycles. The van der Waals surface area contributed by atoms with Gasteiger partial charge in [0.1, 0.15) is 0 Å². The number of methoxy groups -OCH3 is 2. The second-order valence-electron chi connectivity index (χ2n) is 5.64. The number of aromatic nitrogens is 2. The molecule has 0 saturated carbocycles. The number of aliphatic imine (C=N–C) groups is 1. The fraction of sp³-hybridized carbons (Fsp3) is 0.211. The molecule has 29 heavy (non-hydrogen) atoms. The number of rotatable bonds is 6. The van der Waals surface area contributed by atoms with Crippen molar-refractivity contribution >= 4 is 47.2 Å². The molecule has 0 aliphatic carbocycles. The Balaban J connectivity index is 0.00000300. The maximum atomic E-state index is 6.00. The van der Waals surface area contributed by atoms with Crippen LogP contribution in [0.3, 0.4) is 0 Å². The smallest absolute Gasteiger partial charge is 0.246 e. The minimum absolute atomic E-state index is 0. The van der Waals surface area contributed by atoms with Crippen LogP contribution in [0.15, 0.2) is 52.0 Å². The summed E-state index contributed by atoms with van der Waals surface area (Å²) in [6, 6.07) is 12.8. The van der Waals surface area contributed by atoms with Gasteiger partial charge in [-0.2, -0.15) is 4.98 Å². The Kier molecular flexibility index (Phi) is 8.52. The molecule has 0 aliphatic rings. The summed E-state index contributed by atoms with van der Waals surface area (Å²) in [6.07, 6.45) is 0. The zero-order chi connectivity index (χ0) is 19.9. The molecule has 0 saturated heterocycles. The Hall–Kier alpha value is -2.53. The number of ether oxygens (including phenoxy) is 2. The van der Waals surface area contributed by atoms with Crippen molar-refractivity contribution in [1.82, 2.24) is 15.5 Å². The molecule has 0 aliphatic heterocycles. The normalized spacial score (nSPS) is 10.8. The first-order valence-corrected chi connectivity index (χ1v) is 8.79. The summed E-state index contributed by atoms with van der Waals surface area (Å²) in [6.45, 7) is 0.306. The van der Waals surface area contributed by atoms with Crippen molar-refractivity contribution in [3.63, 3.8) is 0 Å². The lowest BCUT2D eigenvalue weighted by molar-refractivity contribution is 0.355. The molecule has 0 fully saturated rings. The highest BCUT2D eigenvalue weighted by atomic mass is 127. The van der Waals surface area contributed by atoms with Crippen LogP contribution in [0.25, 0.3) is 11.4 Å². The van der Waals surface area contributed by atoms with Crippen LogP contribution < -0.4 is 20.1 Å². The minimum Gasteiger partial charge on any atom is -0.493 e. The molecule has 8 nitrogen and oxygen atoms in total. The van der Waals surface area contributed by atoms with E-state index < -0.39 is 0 Å². The molecule has 10 heteroatoms. The van der Waals surface area contributed by atoms with E-state index in [4.69, 9.17) is 25.6 Å². The fourth-order valence-electron chi connectivity index (χ4n) is 2.46. The summed E-state index contributed by atoms with van der Waals surface area (Å²) in [4.78, 5) is 8.55. The molecule has 154 valence electrons. The lowest BCUT2D eigenvalue weighted by atomic mass is 10.2. The Morgan fingerprint density at radius 1 is 1.14 bits per heavy atom. The van der Waals surface area contributed by atoms with Crippen molar-refractivity contribution in [2.75, 3.05) is 26.6 Å². The lowest BCUT2D eigenvalue weighted by Crippen LogP contribution is -2.30. The third-order valence-electron chi connectivity index (χ3n) is 3.83. The SMILES string of the molecule is CN=C(NCc1nc(-c2cccc(Cl)c2)no1)Nc1ccc(OC)c(OC)c1.I. The Bertz CT molecular complexity index is 980. The van der Waals surface area contributed by atoms with Crippen LogP contribution in [-0.4, -0.2) is 37.4 Å². The molecule has 0 atom stereocenters. The Labute approximate surface area is 190 Å². The van der Waals surface area contributed by atoms with Crippen molar-refractivity contribution < 1.29 is 14.0 Å². The predicted molar refractivity (Wildman–Crippen MR) is 124 cm³/mol. The van der Waals surface area contributed by atoms with E-state index in [9.17, 15) is 0 Å². The van der Waals surface area contributed by atoms with E-state index in [0.29, 0.717) is 40.7 Å². The quantitative estimate of drug-likeness (QED) is 0.281. The van der Waals surface area contributed by atoms with Crippen LogP contribution in [0.1, 0.15) is 5.89 Å². The van der Waals surface area contributed by atoms with Crippen LogP contribution in [0.2, 0.25) is 5.02 Å². The zero-order valence-electron chi connectivity index (χ0n) is 16.1. The molecule has 3 rings (SSSR count). The number of anilines is 1. The summed E-state index contributed by atoms with van der Waals surface area (Å²) in [5, 5.41) is 10.9. The molecule has 3 aromatic rings. The van der Waals surface area contributed by atoms with Crippen LogP contribution in [0.4, 0.5) is 5.69 Å². The van der Waals surface area contributed by atoms with Gasteiger partial charge in [0.2, 0.25) is 11.7 Å². The van der Waals surface area contributed by atoms with Gasteiger partial charge in [-0.3, -0.25) is 4.99 Å². The van der Waals surface area contributed by atoms with Gasteiger partial charge in [-0.25, -0.2) is 0 Å². The number of hydrogen-bond acceptors (Lipinski definition) is 6. The van der Waals surface area contributed by atoms with Gasteiger partial charge in [0.05, 0.1) is 20.8 Å². The molecule has 0 radical (unpaired) electrons. The van der Waals surface area contributed by atoms with Crippen LogP contribution in [0.5, 0.6) is 11.5 Å². The van der Waals surface area contributed by atoms with E-state index in [1.807, 2.05) is 30.3 Å². The molecule has 1 aromatic heterocycles. The highest BCUT2D eigenvalue weighted by Gasteiger charge is 2.10. The predicted octanol–water partition coefficient (Wildman–Crippen LogP) is 4.21. The van der Waals surface area contributed by atoms with Crippen LogP contribution >= 0.6 is 35.6 Å². The number of guanidine groups is 1. The van der Waals surface area contributed by atoms with Gasteiger partial charge in [0, 0.05) is 29.4 Å². The van der Waals surface area contributed by atoms with E-state index in [-0.39, 0.29) is 24.0 Å². The van der Waals surface area contributed by atoms with Gasteiger partial charge in [-0.1, -0.05) is 28.9 Å². The fourth-order valence-corrected chi connectivity index (χ4v) is 2.65. The average molecular weight is 530 g/mol. The summed E-state index contributed by atoms with van der Waals surface area (Å²) >= 11 is 6.00. The first-order valence-electron chi connectivity index (χ1n) is 8.41. The van der Waals surface area contributed by atoms with Gasteiger partial charge < -0.3 is 24.6 Å². The molecule has 0 amide bonds.